The molecule has 0 radical (unpaired) electrons. The Kier molecular flexibility index (Phi) is 3.21. The SMILES string of the molecule is O=C(C1CC1c1ccccc1F)N1CCCc2ccccc21. The van der Waals surface area contributed by atoms with Gasteiger partial charge in [0, 0.05) is 18.2 Å². The molecule has 3 heteroatoms. The molecule has 1 heterocycles. The van der Waals surface area contributed by atoms with Crippen LogP contribution in [0.15, 0.2) is 48.5 Å². The Labute approximate surface area is 129 Å². The summed E-state index contributed by atoms with van der Waals surface area (Å²) in [5.41, 5.74) is 2.97. The first-order valence-electron chi connectivity index (χ1n) is 7.89. The normalized spacial score (nSPS) is 23.0. The zero-order valence-corrected chi connectivity index (χ0v) is 12.3. The van der Waals surface area contributed by atoms with Gasteiger partial charge in [-0.25, -0.2) is 4.39 Å². The molecule has 2 unspecified atom stereocenters. The van der Waals surface area contributed by atoms with E-state index in [0.717, 1.165) is 31.5 Å². The number of aryl methyl sites for hydroxylation is 1. The second-order valence-electron chi connectivity index (χ2n) is 6.19. The van der Waals surface area contributed by atoms with E-state index in [9.17, 15) is 9.18 Å². The Morgan fingerprint density at radius 1 is 1.09 bits per heavy atom. The zero-order chi connectivity index (χ0) is 15.1. The minimum atomic E-state index is -0.193. The largest absolute Gasteiger partial charge is 0.312 e. The lowest BCUT2D eigenvalue weighted by Crippen LogP contribution is -2.36. The maximum atomic E-state index is 13.9. The van der Waals surface area contributed by atoms with Crippen molar-refractivity contribution in [3.63, 3.8) is 0 Å². The van der Waals surface area contributed by atoms with Crippen LogP contribution in [0, 0.1) is 11.7 Å². The minimum absolute atomic E-state index is 0.0442. The molecule has 1 aliphatic carbocycles. The fourth-order valence-corrected chi connectivity index (χ4v) is 3.55. The summed E-state index contributed by atoms with van der Waals surface area (Å²) in [6, 6.07) is 14.9. The lowest BCUT2D eigenvalue weighted by Gasteiger charge is -2.29. The first-order valence-corrected chi connectivity index (χ1v) is 7.89. The maximum Gasteiger partial charge on any atom is 0.230 e. The summed E-state index contributed by atoms with van der Waals surface area (Å²) < 4.78 is 13.9. The second kappa shape index (κ2) is 5.24. The van der Waals surface area contributed by atoms with Gasteiger partial charge in [-0.2, -0.15) is 0 Å². The molecule has 1 aliphatic heterocycles. The molecular weight excluding hydrogens is 277 g/mol. The van der Waals surface area contributed by atoms with E-state index >= 15 is 0 Å². The molecule has 22 heavy (non-hydrogen) atoms. The Balaban J connectivity index is 1.57. The van der Waals surface area contributed by atoms with E-state index in [-0.39, 0.29) is 23.6 Å². The smallest absolute Gasteiger partial charge is 0.230 e. The standard InChI is InChI=1S/C19H18FNO/c20-17-9-3-2-8-14(17)15-12-16(15)19(22)21-11-5-7-13-6-1-4-10-18(13)21/h1-4,6,8-10,15-16H,5,7,11-12H2. The van der Waals surface area contributed by atoms with Gasteiger partial charge in [-0.3, -0.25) is 4.79 Å². The van der Waals surface area contributed by atoms with Gasteiger partial charge in [-0.15, -0.1) is 0 Å². The van der Waals surface area contributed by atoms with Crippen LogP contribution in [0.1, 0.15) is 29.9 Å². The predicted octanol–water partition coefficient (Wildman–Crippen LogP) is 3.91. The highest BCUT2D eigenvalue weighted by Crippen LogP contribution is 2.50. The number of carbonyl (C=O) groups excluding carboxylic acids is 1. The molecule has 112 valence electrons. The van der Waals surface area contributed by atoms with Crippen molar-refractivity contribution in [1.29, 1.82) is 0 Å². The molecular formula is C19H18FNO. The van der Waals surface area contributed by atoms with E-state index in [0.29, 0.717) is 5.56 Å². The summed E-state index contributed by atoms with van der Waals surface area (Å²) in [6.45, 7) is 0.774. The number of nitrogens with zero attached hydrogens (tertiary/aromatic N) is 1. The van der Waals surface area contributed by atoms with Crippen molar-refractivity contribution >= 4 is 11.6 Å². The first-order chi connectivity index (χ1) is 10.8. The Hall–Kier alpha value is -2.16. The average molecular weight is 295 g/mol. The summed E-state index contributed by atoms with van der Waals surface area (Å²) >= 11 is 0. The van der Waals surface area contributed by atoms with Gasteiger partial charge in [0.2, 0.25) is 5.91 Å². The number of anilines is 1. The summed E-state index contributed by atoms with van der Waals surface area (Å²) in [5, 5.41) is 0. The highest BCUT2D eigenvalue weighted by atomic mass is 19.1. The summed E-state index contributed by atoms with van der Waals surface area (Å²) in [6.07, 6.45) is 2.79. The summed E-state index contributed by atoms with van der Waals surface area (Å²) in [4.78, 5) is 14.7. The molecule has 2 aromatic rings. The van der Waals surface area contributed by atoms with Crippen LogP contribution >= 0.6 is 0 Å². The van der Waals surface area contributed by atoms with Crippen LogP contribution in [0.25, 0.3) is 0 Å². The quantitative estimate of drug-likeness (QED) is 0.822. The van der Waals surface area contributed by atoms with E-state index < -0.39 is 0 Å². The van der Waals surface area contributed by atoms with Gasteiger partial charge in [-0.05, 0) is 48.4 Å². The van der Waals surface area contributed by atoms with Crippen LogP contribution in [-0.4, -0.2) is 12.5 Å². The molecule has 0 N–H and O–H groups in total. The lowest BCUT2D eigenvalue weighted by atomic mass is 10.0. The van der Waals surface area contributed by atoms with Gasteiger partial charge in [0.1, 0.15) is 5.82 Å². The van der Waals surface area contributed by atoms with Gasteiger partial charge in [0.05, 0.1) is 0 Å². The van der Waals surface area contributed by atoms with Gasteiger partial charge >= 0.3 is 0 Å². The highest BCUT2D eigenvalue weighted by molar-refractivity contribution is 5.98. The first kappa shape index (κ1) is 13.5. The lowest BCUT2D eigenvalue weighted by molar-refractivity contribution is -0.120. The second-order valence-corrected chi connectivity index (χ2v) is 6.19. The number of halogens is 1. The molecule has 2 nitrogen and oxygen atoms in total. The molecule has 0 saturated heterocycles. The van der Waals surface area contributed by atoms with E-state index in [1.807, 2.05) is 29.2 Å². The van der Waals surface area contributed by atoms with Crippen LogP contribution in [0.3, 0.4) is 0 Å². The monoisotopic (exact) mass is 295 g/mol. The van der Waals surface area contributed by atoms with E-state index in [4.69, 9.17) is 0 Å². The number of rotatable bonds is 2. The van der Waals surface area contributed by atoms with E-state index in [1.165, 1.54) is 11.6 Å². The van der Waals surface area contributed by atoms with E-state index in [2.05, 4.69) is 6.07 Å². The van der Waals surface area contributed by atoms with Crippen molar-refractivity contribution in [2.45, 2.75) is 25.2 Å². The molecule has 0 spiro atoms. The molecule has 0 bridgehead atoms. The average Bonchev–Trinajstić information content (AvgIpc) is 3.34. The molecule has 2 atom stereocenters. The zero-order valence-electron chi connectivity index (χ0n) is 12.3. The van der Waals surface area contributed by atoms with Crippen molar-refractivity contribution in [3.05, 3.63) is 65.5 Å². The van der Waals surface area contributed by atoms with Crippen LogP contribution in [0.2, 0.25) is 0 Å². The van der Waals surface area contributed by atoms with Crippen molar-refractivity contribution in [2.24, 2.45) is 5.92 Å². The van der Waals surface area contributed by atoms with Crippen molar-refractivity contribution in [2.75, 3.05) is 11.4 Å². The minimum Gasteiger partial charge on any atom is -0.312 e. The Morgan fingerprint density at radius 2 is 1.86 bits per heavy atom. The summed E-state index contributed by atoms with van der Waals surface area (Å²) in [7, 11) is 0. The fraction of sp³-hybridized carbons (Fsp3) is 0.316. The van der Waals surface area contributed by atoms with Crippen molar-refractivity contribution < 1.29 is 9.18 Å². The van der Waals surface area contributed by atoms with Crippen molar-refractivity contribution in [3.8, 4) is 0 Å². The van der Waals surface area contributed by atoms with Crippen LogP contribution in [-0.2, 0) is 11.2 Å². The van der Waals surface area contributed by atoms with Gasteiger partial charge in [0.15, 0.2) is 0 Å². The third-order valence-electron chi connectivity index (χ3n) is 4.79. The molecule has 1 fully saturated rings. The number of hydrogen-bond donors (Lipinski definition) is 0. The van der Waals surface area contributed by atoms with E-state index in [1.54, 1.807) is 12.1 Å². The number of carbonyl (C=O) groups is 1. The number of hydrogen-bond acceptors (Lipinski definition) is 1. The number of benzene rings is 2. The van der Waals surface area contributed by atoms with Gasteiger partial charge in [-0.1, -0.05) is 36.4 Å². The molecule has 4 rings (SSSR count). The molecule has 1 saturated carbocycles. The van der Waals surface area contributed by atoms with Gasteiger partial charge < -0.3 is 4.90 Å². The third kappa shape index (κ3) is 2.21. The maximum absolute atomic E-state index is 13.9. The molecule has 1 amide bonds. The fourth-order valence-electron chi connectivity index (χ4n) is 3.55. The van der Waals surface area contributed by atoms with Crippen LogP contribution in [0.5, 0.6) is 0 Å². The molecule has 2 aromatic carbocycles. The Morgan fingerprint density at radius 3 is 2.73 bits per heavy atom. The van der Waals surface area contributed by atoms with Crippen LogP contribution in [0.4, 0.5) is 10.1 Å². The topological polar surface area (TPSA) is 20.3 Å². The Bertz CT molecular complexity index is 727. The predicted molar refractivity (Wildman–Crippen MR) is 84.4 cm³/mol. The third-order valence-corrected chi connectivity index (χ3v) is 4.79. The van der Waals surface area contributed by atoms with Gasteiger partial charge in [0.25, 0.3) is 0 Å². The molecule has 2 aliphatic rings. The van der Waals surface area contributed by atoms with Crippen molar-refractivity contribution in [1.82, 2.24) is 0 Å². The van der Waals surface area contributed by atoms with Crippen LogP contribution < -0.4 is 4.90 Å². The number of amides is 1. The molecule has 0 aromatic heterocycles. The summed E-state index contributed by atoms with van der Waals surface area (Å²) in [5.74, 6) is -0.0620. The number of para-hydroxylation sites is 1. The number of fused-ring (bicyclic) bond motifs is 1. The highest BCUT2D eigenvalue weighted by Gasteiger charge is 2.47.